The van der Waals surface area contributed by atoms with Crippen molar-refractivity contribution in [1.29, 1.82) is 0 Å². The van der Waals surface area contributed by atoms with Gasteiger partial charge in [-0.05, 0) is 18.2 Å². The molecule has 0 radical (unpaired) electrons. The Bertz CT molecular complexity index is 666. The van der Waals surface area contributed by atoms with Crippen molar-refractivity contribution in [3.05, 3.63) is 48.5 Å². The highest BCUT2D eigenvalue weighted by Gasteiger charge is 2.15. The minimum absolute atomic E-state index is 0.0955. The van der Waals surface area contributed by atoms with Crippen molar-refractivity contribution >= 4 is 5.69 Å². The third-order valence-corrected chi connectivity index (χ3v) is 2.63. The Balaban J connectivity index is 2.06. The van der Waals surface area contributed by atoms with Gasteiger partial charge in [0, 0.05) is 17.4 Å². The fourth-order valence-electron chi connectivity index (χ4n) is 1.69. The molecule has 0 aliphatic rings. The molecule has 0 saturated carbocycles. The van der Waals surface area contributed by atoms with Crippen molar-refractivity contribution in [3.63, 3.8) is 0 Å². The molecule has 5 nitrogen and oxygen atoms in total. The van der Waals surface area contributed by atoms with Crippen molar-refractivity contribution in [2.75, 3.05) is 5.73 Å². The molecule has 2 heterocycles. The predicted octanol–water partition coefficient (Wildman–Crippen LogP) is 2.52. The predicted molar refractivity (Wildman–Crippen MR) is 67.3 cm³/mol. The zero-order chi connectivity index (χ0) is 13.2. The van der Waals surface area contributed by atoms with Crippen LogP contribution in [0.2, 0.25) is 0 Å². The van der Waals surface area contributed by atoms with E-state index >= 15 is 0 Å². The van der Waals surface area contributed by atoms with Gasteiger partial charge >= 0.3 is 0 Å². The SMILES string of the molecule is Nc1ccccc1-c1noc(-c2ccncc2F)n1. The molecule has 0 saturated heterocycles. The van der Waals surface area contributed by atoms with E-state index in [4.69, 9.17) is 10.3 Å². The first-order valence-electron chi connectivity index (χ1n) is 5.54. The van der Waals surface area contributed by atoms with Crippen LogP contribution in [0.5, 0.6) is 0 Å². The van der Waals surface area contributed by atoms with Crippen LogP contribution in [0.4, 0.5) is 10.1 Å². The van der Waals surface area contributed by atoms with Crippen LogP contribution in [0.15, 0.2) is 47.2 Å². The van der Waals surface area contributed by atoms with Gasteiger partial charge in [-0.2, -0.15) is 4.98 Å². The first kappa shape index (κ1) is 11.3. The molecule has 0 bridgehead atoms. The van der Waals surface area contributed by atoms with E-state index in [1.807, 2.05) is 12.1 Å². The summed E-state index contributed by atoms with van der Waals surface area (Å²) in [4.78, 5) is 7.81. The van der Waals surface area contributed by atoms with E-state index < -0.39 is 5.82 Å². The lowest BCUT2D eigenvalue weighted by Gasteiger charge is -1.98. The first-order valence-corrected chi connectivity index (χ1v) is 5.54. The molecule has 0 aliphatic carbocycles. The molecule has 0 atom stereocenters. The lowest BCUT2D eigenvalue weighted by molar-refractivity contribution is 0.429. The summed E-state index contributed by atoms with van der Waals surface area (Å²) in [7, 11) is 0. The van der Waals surface area contributed by atoms with E-state index in [-0.39, 0.29) is 11.5 Å². The number of nitrogens with zero attached hydrogens (tertiary/aromatic N) is 3. The molecular formula is C13H9FN4O. The van der Waals surface area contributed by atoms with Crippen LogP contribution in [0.3, 0.4) is 0 Å². The third-order valence-electron chi connectivity index (χ3n) is 2.63. The summed E-state index contributed by atoms with van der Waals surface area (Å²) in [6.45, 7) is 0. The van der Waals surface area contributed by atoms with E-state index in [0.29, 0.717) is 17.1 Å². The number of halogens is 1. The smallest absolute Gasteiger partial charge is 0.261 e. The van der Waals surface area contributed by atoms with E-state index in [2.05, 4.69) is 15.1 Å². The van der Waals surface area contributed by atoms with Crippen LogP contribution in [0, 0.1) is 5.82 Å². The number of anilines is 1. The largest absolute Gasteiger partial charge is 0.398 e. The number of hydrogen-bond acceptors (Lipinski definition) is 5. The van der Waals surface area contributed by atoms with Crippen molar-refractivity contribution in [2.24, 2.45) is 0 Å². The van der Waals surface area contributed by atoms with Crippen molar-refractivity contribution in [3.8, 4) is 22.8 Å². The Kier molecular flexibility index (Phi) is 2.68. The molecule has 6 heteroatoms. The van der Waals surface area contributed by atoms with Crippen molar-refractivity contribution in [2.45, 2.75) is 0 Å². The average molecular weight is 256 g/mol. The van der Waals surface area contributed by atoms with Gasteiger partial charge in [0.05, 0.1) is 11.8 Å². The van der Waals surface area contributed by atoms with Crippen LogP contribution >= 0.6 is 0 Å². The van der Waals surface area contributed by atoms with Crippen molar-refractivity contribution < 1.29 is 8.91 Å². The molecule has 94 valence electrons. The maximum atomic E-state index is 13.6. The highest BCUT2D eigenvalue weighted by atomic mass is 19.1. The molecule has 0 amide bonds. The van der Waals surface area contributed by atoms with E-state index in [1.54, 1.807) is 12.1 Å². The lowest BCUT2D eigenvalue weighted by atomic mass is 10.2. The van der Waals surface area contributed by atoms with Crippen LogP contribution in [0.25, 0.3) is 22.8 Å². The number of rotatable bonds is 2. The van der Waals surface area contributed by atoms with Gasteiger partial charge in [-0.25, -0.2) is 4.39 Å². The highest BCUT2D eigenvalue weighted by Crippen LogP contribution is 2.26. The number of nitrogens with two attached hydrogens (primary N) is 1. The molecule has 0 spiro atoms. The third kappa shape index (κ3) is 2.03. The molecule has 3 aromatic rings. The van der Waals surface area contributed by atoms with Crippen LogP contribution in [0.1, 0.15) is 0 Å². The second-order valence-corrected chi connectivity index (χ2v) is 3.87. The van der Waals surface area contributed by atoms with Crippen LogP contribution < -0.4 is 5.73 Å². The summed E-state index contributed by atoms with van der Waals surface area (Å²) < 4.78 is 18.6. The highest BCUT2D eigenvalue weighted by molar-refractivity contribution is 5.71. The van der Waals surface area contributed by atoms with E-state index in [1.165, 1.54) is 12.3 Å². The minimum Gasteiger partial charge on any atom is -0.398 e. The molecule has 3 rings (SSSR count). The molecule has 2 aromatic heterocycles. The zero-order valence-corrected chi connectivity index (χ0v) is 9.75. The maximum absolute atomic E-state index is 13.6. The summed E-state index contributed by atoms with van der Waals surface area (Å²) >= 11 is 0. The summed E-state index contributed by atoms with van der Waals surface area (Å²) in [5.74, 6) is -0.0961. The second kappa shape index (κ2) is 4.49. The monoisotopic (exact) mass is 256 g/mol. The van der Waals surface area contributed by atoms with Crippen molar-refractivity contribution in [1.82, 2.24) is 15.1 Å². The van der Waals surface area contributed by atoms with Gasteiger partial charge in [-0.15, -0.1) is 0 Å². The fraction of sp³-hybridized carbons (Fsp3) is 0. The zero-order valence-electron chi connectivity index (χ0n) is 9.75. The summed E-state index contributed by atoms with van der Waals surface area (Å²) in [6.07, 6.45) is 2.55. The van der Waals surface area contributed by atoms with Gasteiger partial charge in [0.15, 0.2) is 5.82 Å². The van der Waals surface area contributed by atoms with E-state index in [9.17, 15) is 4.39 Å². The van der Waals surface area contributed by atoms with Gasteiger partial charge < -0.3 is 10.3 Å². The van der Waals surface area contributed by atoms with Gasteiger partial charge in [-0.1, -0.05) is 17.3 Å². The molecule has 0 fully saturated rings. The molecule has 19 heavy (non-hydrogen) atoms. The maximum Gasteiger partial charge on any atom is 0.261 e. The summed E-state index contributed by atoms with van der Waals surface area (Å²) in [5, 5.41) is 3.81. The number of benzene rings is 1. The normalized spacial score (nSPS) is 10.6. The number of aromatic nitrogens is 3. The molecule has 1 aromatic carbocycles. The average Bonchev–Trinajstić information content (AvgIpc) is 2.89. The summed E-state index contributed by atoms with van der Waals surface area (Å²) in [6, 6.07) is 8.60. The molecule has 2 N–H and O–H groups in total. The number of hydrogen-bond donors (Lipinski definition) is 1. The summed E-state index contributed by atoms with van der Waals surface area (Å²) in [5.41, 5.74) is 7.21. The number of pyridine rings is 1. The first-order chi connectivity index (χ1) is 9.25. The Morgan fingerprint density at radius 2 is 1.95 bits per heavy atom. The van der Waals surface area contributed by atoms with E-state index in [0.717, 1.165) is 6.20 Å². The topological polar surface area (TPSA) is 77.8 Å². The van der Waals surface area contributed by atoms with Crippen LogP contribution in [-0.4, -0.2) is 15.1 Å². The lowest BCUT2D eigenvalue weighted by Crippen LogP contribution is -1.90. The molecule has 0 aliphatic heterocycles. The minimum atomic E-state index is -0.515. The Labute approximate surface area is 107 Å². The van der Waals surface area contributed by atoms with Gasteiger partial charge in [-0.3, -0.25) is 4.98 Å². The number of para-hydroxylation sites is 1. The van der Waals surface area contributed by atoms with Gasteiger partial charge in [0.25, 0.3) is 5.89 Å². The quantitative estimate of drug-likeness (QED) is 0.713. The standard InChI is InChI=1S/C13H9FN4O/c14-10-7-16-6-5-8(10)13-17-12(18-19-13)9-3-1-2-4-11(9)15/h1-7H,15H2. The number of nitrogen functional groups attached to an aromatic ring is 1. The second-order valence-electron chi connectivity index (χ2n) is 3.87. The molecule has 0 unspecified atom stereocenters. The Morgan fingerprint density at radius 1 is 1.11 bits per heavy atom. The fourth-order valence-corrected chi connectivity index (χ4v) is 1.69. The molecular weight excluding hydrogens is 247 g/mol. The van der Waals surface area contributed by atoms with Gasteiger partial charge in [0.2, 0.25) is 5.82 Å². The van der Waals surface area contributed by atoms with Crippen LogP contribution in [-0.2, 0) is 0 Å². The van der Waals surface area contributed by atoms with Gasteiger partial charge in [0.1, 0.15) is 0 Å². The Morgan fingerprint density at radius 3 is 2.74 bits per heavy atom. The Hall–Kier alpha value is -2.76.